The number of benzene rings is 2. The lowest BCUT2D eigenvalue weighted by Crippen LogP contribution is -2.42. The summed E-state index contributed by atoms with van der Waals surface area (Å²) < 4.78 is 16.8. The van der Waals surface area contributed by atoms with E-state index in [1.165, 1.54) is 7.11 Å². The molecule has 1 amide bonds. The van der Waals surface area contributed by atoms with Crippen LogP contribution in [0.4, 0.5) is 5.69 Å². The molecule has 0 bridgehead atoms. The topological polar surface area (TPSA) is 153 Å². The van der Waals surface area contributed by atoms with E-state index in [0.29, 0.717) is 39.4 Å². The van der Waals surface area contributed by atoms with Gasteiger partial charge >= 0.3 is 5.97 Å². The highest BCUT2D eigenvalue weighted by Crippen LogP contribution is 2.34. The van der Waals surface area contributed by atoms with E-state index in [9.17, 15) is 14.7 Å². The highest BCUT2D eigenvalue weighted by Gasteiger charge is 2.22. The average Bonchev–Trinajstić information content (AvgIpc) is 2.84. The number of carboxylic acid groups (broad SMARTS) is 1. The van der Waals surface area contributed by atoms with Gasteiger partial charge in [0.15, 0.2) is 11.5 Å². The Morgan fingerprint density at radius 3 is 2.50 bits per heavy atom. The Kier molecular flexibility index (Phi) is 8.55. The molecule has 36 heavy (non-hydrogen) atoms. The van der Waals surface area contributed by atoms with E-state index in [1.54, 1.807) is 43.3 Å². The number of aromatic nitrogens is 1. The van der Waals surface area contributed by atoms with Crippen molar-refractivity contribution in [2.75, 3.05) is 32.7 Å². The molecule has 1 atom stereocenters. The molecule has 10 heteroatoms. The second-order valence-corrected chi connectivity index (χ2v) is 8.51. The Bertz CT molecular complexity index is 1260. The van der Waals surface area contributed by atoms with Crippen molar-refractivity contribution in [2.24, 2.45) is 5.92 Å². The fourth-order valence-corrected chi connectivity index (χ4v) is 3.75. The number of aromatic carboxylic acids is 1. The number of nitrogens with zero attached hydrogens (tertiary/aromatic N) is 1. The van der Waals surface area contributed by atoms with Gasteiger partial charge in [0.05, 0.1) is 42.0 Å². The van der Waals surface area contributed by atoms with Crippen LogP contribution in [0.2, 0.25) is 0 Å². The van der Waals surface area contributed by atoms with E-state index in [0.717, 1.165) is 0 Å². The van der Waals surface area contributed by atoms with Crippen molar-refractivity contribution >= 4 is 28.5 Å². The molecular weight excluding hydrogens is 466 g/mol. The summed E-state index contributed by atoms with van der Waals surface area (Å²) in [6.45, 7) is 5.49. The van der Waals surface area contributed by atoms with Crippen LogP contribution in [0.1, 0.15) is 40.3 Å². The summed E-state index contributed by atoms with van der Waals surface area (Å²) in [5.74, 6) is -0.315. The van der Waals surface area contributed by atoms with E-state index in [4.69, 9.17) is 25.1 Å². The molecule has 0 aliphatic carbocycles. The van der Waals surface area contributed by atoms with Gasteiger partial charge in [-0.1, -0.05) is 19.9 Å². The van der Waals surface area contributed by atoms with Gasteiger partial charge < -0.3 is 35.5 Å². The zero-order valence-corrected chi connectivity index (χ0v) is 20.7. The summed E-state index contributed by atoms with van der Waals surface area (Å²) in [7, 11) is 1.49. The molecule has 3 rings (SSSR count). The molecule has 3 aromatic rings. The van der Waals surface area contributed by atoms with Gasteiger partial charge in [0.1, 0.15) is 24.5 Å². The molecule has 0 aliphatic heterocycles. The molecular formula is C26H31N3O7. The monoisotopic (exact) mass is 497 g/mol. The van der Waals surface area contributed by atoms with Crippen LogP contribution >= 0.6 is 0 Å². The maximum absolute atomic E-state index is 13.0. The number of carbonyl (C=O) groups excluding carboxylic acids is 1. The Morgan fingerprint density at radius 1 is 1.11 bits per heavy atom. The summed E-state index contributed by atoms with van der Waals surface area (Å²) >= 11 is 0. The summed E-state index contributed by atoms with van der Waals surface area (Å²) in [5, 5.41) is 22.0. The zero-order chi connectivity index (χ0) is 26.4. The highest BCUT2D eigenvalue weighted by molar-refractivity contribution is 6.06. The van der Waals surface area contributed by atoms with Crippen LogP contribution in [0.5, 0.6) is 17.2 Å². The standard InChI is InChI=1S/C26H31N3O7/c1-14(2)18(29-25(31)16-8-9-19(34-4)21(12-16)35-11-10-30)13-36-20-7-5-6-17-23(20)24(27)22(26(32)33)15(3)28-17/h5-9,12,14,18,30H,10-11,13H2,1-4H3,(H2,27,28)(H,29,31)(H,32,33). The number of carboxylic acids is 1. The van der Waals surface area contributed by atoms with Gasteiger partial charge in [-0.05, 0) is 43.2 Å². The minimum atomic E-state index is -1.16. The molecule has 1 aromatic heterocycles. The molecule has 1 heterocycles. The summed E-state index contributed by atoms with van der Waals surface area (Å²) in [5.41, 5.74) is 7.42. The quantitative estimate of drug-likeness (QED) is 0.313. The summed E-state index contributed by atoms with van der Waals surface area (Å²) in [4.78, 5) is 29.1. The fourth-order valence-electron chi connectivity index (χ4n) is 3.75. The van der Waals surface area contributed by atoms with Crippen molar-refractivity contribution in [1.82, 2.24) is 10.3 Å². The first-order chi connectivity index (χ1) is 17.2. The van der Waals surface area contributed by atoms with Crippen molar-refractivity contribution in [3.05, 3.63) is 53.2 Å². The molecule has 192 valence electrons. The number of pyridine rings is 1. The minimum Gasteiger partial charge on any atom is -0.493 e. The van der Waals surface area contributed by atoms with Crippen LogP contribution in [-0.2, 0) is 0 Å². The normalized spacial score (nSPS) is 11.8. The maximum Gasteiger partial charge on any atom is 0.339 e. The largest absolute Gasteiger partial charge is 0.493 e. The Hall–Kier alpha value is -4.05. The van der Waals surface area contributed by atoms with Crippen molar-refractivity contribution in [2.45, 2.75) is 26.8 Å². The number of nitrogen functional groups attached to an aromatic ring is 1. The number of ether oxygens (including phenoxy) is 3. The number of nitrogens with two attached hydrogens (primary N) is 1. The number of amides is 1. The Morgan fingerprint density at radius 2 is 1.86 bits per heavy atom. The predicted molar refractivity (Wildman–Crippen MR) is 135 cm³/mol. The Labute approximate surface area is 209 Å². The molecule has 0 radical (unpaired) electrons. The number of aryl methyl sites for hydroxylation is 1. The minimum absolute atomic E-state index is 0.0135. The van der Waals surface area contributed by atoms with Gasteiger partial charge in [-0.15, -0.1) is 0 Å². The van der Waals surface area contributed by atoms with E-state index < -0.39 is 5.97 Å². The van der Waals surface area contributed by atoms with Crippen LogP contribution in [0.15, 0.2) is 36.4 Å². The van der Waals surface area contributed by atoms with E-state index in [1.807, 2.05) is 13.8 Å². The molecule has 0 saturated heterocycles. The first-order valence-electron chi connectivity index (χ1n) is 11.4. The number of rotatable bonds is 11. The third kappa shape index (κ3) is 5.77. The van der Waals surface area contributed by atoms with Crippen molar-refractivity contribution in [3.8, 4) is 17.2 Å². The second kappa shape index (κ2) is 11.6. The van der Waals surface area contributed by atoms with Crippen LogP contribution in [0, 0.1) is 12.8 Å². The van der Waals surface area contributed by atoms with E-state index >= 15 is 0 Å². The number of aliphatic hydroxyl groups excluding tert-OH is 1. The second-order valence-electron chi connectivity index (χ2n) is 8.51. The number of anilines is 1. The lowest BCUT2D eigenvalue weighted by atomic mass is 10.0. The predicted octanol–water partition coefficient (Wildman–Crippen LogP) is 3.04. The van der Waals surface area contributed by atoms with Crippen LogP contribution < -0.4 is 25.3 Å². The van der Waals surface area contributed by atoms with Gasteiger partial charge in [0.2, 0.25) is 0 Å². The van der Waals surface area contributed by atoms with E-state index in [-0.39, 0.29) is 48.9 Å². The molecule has 1 unspecified atom stereocenters. The number of nitrogens with one attached hydrogen (secondary N) is 1. The molecule has 10 nitrogen and oxygen atoms in total. The first-order valence-corrected chi connectivity index (χ1v) is 11.4. The molecule has 2 aromatic carbocycles. The van der Waals surface area contributed by atoms with Gasteiger partial charge in [-0.25, -0.2) is 4.79 Å². The molecule has 0 saturated carbocycles. The molecule has 0 spiro atoms. The maximum atomic E-state index is 13.0. The SMILES string of the molecule is COc1ccc(C(=O)NC(COc2cccc3nc(C)c(C(=O)O)c(N)c23)C(C)C)cc1OCCO. The van der Waals surface area contributed by atoms with Crippen LogP contribution in [-0.4, -0.2) is 60.0 Å². The summed E-state index contributed by atoms with van der Waals surface area (Å²) in [6, 6.07) is 9.58. The zero-order valence-electron chi connectivity index (χ0n) is 20.7. The lowest BCUT2D eigenvalue weighted by molar-refractivity contribution is 0.0696. The molecule has 0 fully saturated rings. The van der Waals surface area contributed by atoms with Gasteiger partial charge in [-0.2, -0.15) is 0 Å². The molecule has 0 aliphatic rings. The smallest absolute Gasteiger partial charge is 0.339 e. The average molecular weight is 498 g/mol. The van der Waals surface area contributed by atoms with Crippen molar-refractivity contribution < 1.29 is 34.0 Å². The number of hydrogen-bond acceptors (Lipinski definition) is 8. The Balaban J connectivity index is 1.83. The van der Waals surface area contributed by atoms with Gasteiger partial charge in [0, 0.05) is 5.56 Å². The number of fused-ring (bicyclic) bond motifs is 1. The number of hydrogen-bond donors (Lipinski definition) is 4. The lowest BCUT2D eigenvalue weighted by Gasteiger charge is -2.24. The van der Waals surface area contributed by atoms with Crippen molar-refractivity contribution in [1.29, 1.82) is 0 Å². The van der Waals surface area contributed by atoms with Crippen LogP contribution in [0.25, 0.3) is 10.9 Å². The van der Waals surface area contributed by atoms with Crippen molar-refractivity contribution in [3.63, 3.8) is 0 Å². The third-order valence-electron chi connectivity index (χ3n) is 5.72. The van der Waals surface area contributed by atoms with Gasteiger partial charge in [0.25, 0.3) is 5.91 Å². The first kappa shape index (κ1) is 26.6. The molecule has 5 N–H and O–H groups in total. The van der Waals surface area contributed by atoms with E-state index in [2.05, 4.69) is 10.3 Å². The highest BCUT2D eigenvalue weighted by atomic mass is 16.5. The number of methoxy groups -OCH3 is 1. The number of aliphatic hydroxyl groups is 1. The number of carbonyl (C=O) groups is 2. The third-order valence-corrected chi connectivity index (χ3v) is 5.72. The summed E-state index contributed by atoms with van der Waals surface area (Å²) in [6.07, 6.45) is 0. The van der Waals surface area contributed by atoms with Crippen LogP contribution in [0.3, 0.4) is 0 Å². The fraction of sp³-hybridized carbons (Fsp3) is 0.346. The van der Waals surface area contributed by atoms with Gasteiger partial charge in [-0.3, -0.25) is 9.78 Å².